The van der Waals surface area contributed by atoms with E-state index >= 15 is 0 Å². The van der Waals surface area contributed by atoms with Gasteiger partial charge >= 0.3 is 5.97 Å². The van der Waals surface area contributed by atoms with Gasteiger partial charge in [0.25, 0.3) is 0 Å². The van der Waals surface area contributed by atoms with Crippen LogP contribution < -0.4 is 5.32 Å². The molecule has 86 valence electrons. The average Bonchev–Trinajstić information content (AvgIpc) is 2.40. The van der Waals surface area contributed by atoms with E-state index < -0.39 is 5.97 Å². The van der Waals surface area contributed by atoms with Gasteiger partial charge in [-0.25, -0.2) is 14.8 Å². The predicted molar refractivity (Wildman–Crippen MR) is 60.9 cm³/mol. The standard InChI is InChI=1S/C11H10N4O2/c1-17-11(16)8-2-3-9(14-6-8)15-10-7-12-4-5-13-10/h2-7H,1H3,(H,13,14,15). The molecule has 0 bridgehead atoms. The molecule has 17 heavy (non-hydrogen) atoms. The molecule has 2 aromatic heterocycles. The van der Waals surface area contributed by atoms with Crippen LogP contribution in [0.25, 0.3) is 0 Å². The summed E-state index contributed by atoms with van der Waals surface area (Å²) >= 11 is 0. The minimum absolute atomic E-state index is 0.400. The number of ether oxygens (including phenoxy) is 1. The molecule has 2 aromatic rings. The molecule has 6 nitrogen and oxygen atoms in total. The molecule has 0 aliphatic heterocycles. The average molecular weight is 230 g/mol. The Kier molecular flexibility index (Phi) is 3.25. The SMILES string of the molecule is COC(=O)c1ccc(Nc2cnccn2)nc1. The van der Waals surface area contributed by atoms with E-state index in [0.717, 1.165) is 0 Å². The van der Waals surface area contributed by atoms with Crippen LogP contribution in [0.15, 0.2) is 36.9 Å². The molecule has 6 heteroatoms. The van der Waals surface area contributed by atoms with Crippen LogP contribution in [-0.2, 0) is 4.74 Å². The fraction of sp³-hybridized carbons (Fsp3) is 0.0909. The van der Waals surface area contributed by atoms with Gasteiger partial charge in [-0.3, -0.25) is 4.98 Å². The van der Waals surface area contributed by atoms with Crippen LogP contribution in [0.2, 0.25) is 0 Å². The lowest BCUT2D eigenvalue weighted by Gasteiger charge is -2.04. The minimum atomic E-state index is -0.413. The summed E-state index contributed by atoms with van der Waals surface area (Å²) in [5.41, 5.74) is 0.400. The van der Waals surface area contributed by atoms with Crippen molar-refractivity contribution < 1.29 is 9.53 Å². The summed E-state index contributed by atoms with van der Waals surface area (Å²) in [5.74, 6) is 0.757. The van der Waals surface area contributed by atoms with E-state index in [1.165, 1.54) is 13.3 Å². The zero-order valence-corrected chi connectivity index (χ0v) is 9.12. The molecule has 0 spiro atoms. The summed E-state index contributed by atoms with van der Waals surface area (Å²) in [4.78, 5) is 23.2. The van der Waals surface area contributed by atoms with Gasteiger partial charge in [-0.05, 0) is 12.1 Å². The van der Waals surface area contributed by atoms with Crippen molar-refractivity contribution in [3.8, 4) is 0 Å². The van der Waals surface area contributed by atoms with E-state index in [1.807, 2.05) is 0 Å². The van der Waals surface area contributed by atoms with Gasteiger partial charge in [0.2, 0.25) is 0 Å². The Morgan fingerprint density at radius 2 is 2.06 bits per heavy atom. The molecule has 0 aliphatic carbocycles. The number of rotatable bonds is 3. The molecule has 0 aromatic carbocycles. The number of hydrogen-bond acceptors (Lipinski definition) is 6. The molecule has 0 saturated carbocycles. The summed E-state index contributed by atoms with van der Waals surface area (Å²) in [6, 6.07) is 3.29. The van der Waals surface area contributed by atoms with E-state index in [4.69, 9.17) is 0 Å². The third kappa shape index (κ3) is 2.75. The van der Waals surface area contributed by atoms with Crippen molar-refractivity contribution in [2.24, 2.45) is 0 Å². The van der Waals surface area contributed by atoms with Crippen LogP contribution in [0.4, 0.5) is 11.6 Å². The first-order valence-electron chi connectivity index (χ1n) is 4.87. The third-order valence-electron chi connectivity index (χ3n) is 2.00. The normalized spacial score (nSPS) is 9.71. The molecule has 0 radical (unpaired) electrons. The first kappa shape index (κ1) is 11.0. The first-order chi connectivity index (χ1) is 8.29. The van der Waals surface area contributed by atoms with E-state index in [1.54, 1.807) is 30.7 Å². The monoisotopic (exact) mass is 230 g/mol. The van der Waals surface area contributed by atoms with Gasteiger partial charge in [-0.1, -0.05) is 0 Å². The zero-order valence-electron chi connectivity index (χ0n) is 9.12. The number of methoxy groups -OCH3 is 1. The van der Waals surface area contributed by atoms with E-state index in [9.17, 15) is 4.79 Å². The van der Waals surface area contributed by atoms with Crippen molar-refractivity contribution in [1.29, 1.82) is 0 Å². The van der Waals surface area contributed by atoms with Crippen LogP contribution >= 0.6 is 0 Å². The lowest BCUT2D eigenvalue weighted by Crippen LogP contribution is -2.03. The Balaban J connectivity index is 2.11. The summed E-state index contributed by atoms with van der Waals surface area (Å²) in [6.07, 6.45) is 6.17. The number of carbonyl (C=O) groups excluding carboxylic acids is 1. The lowest BCUT2D eigenvalue weighted by molar-refractivity contribution is 0.0600. The Labute approximate surface area is 97.7 Å². The van der Waals surface area contributed by atoms with Gasteiger partial charge in [0.05, 0.1) is 18.9 Å². The van der Waals surface area contributed by atoms with Gasteiger partial charge in [0.15, 0.2) is 0 Å². The molecule has 0 aliphatic rings. The maximum Gasteiger partial charge on any atom is 0.339 e. The number of nitrogens with zero attached hydrogens (tertiary/aromatic N) is 3. The maximum absolute atomic E-state index is 11.2. The largest absolute Gasteiger partial charge is 0.465 e. The van der Waals surface area contributed by atoms with E-state index in [0.29, 0.717) is 17.2 Å². The summed E-state index contributed by atoms with van der Waals surface area (Å²) in [7, 11) is 1.33. The first-order valence-corrected chi connectivity index (χ1v) is 4.87. The minimum Gasteiger partial charge on any atom is -0.465 e. The van der Waals surface area contributed by atoms with Crippen molar-refractivity contribution >= 4 is 17.6 Å². The molecule has 2 heterocycles. The Hall–Kier alpha value is -2.50. The second-order valence-corrected chi connectivity index (χ2v) is 3.14. The number of esters is 1. The molecule has 0 saturated heterocycles. The van der Waals surface area contributed by atoms with Gasteiger partial charge in [-0.15, -0.1) is 0 Å². The van der Waals surface area contributed by atoms with Crippen LogP contribution in [0.3, 0.4) is 0 Å². The number of aromatic nitrogens is 3. The Morgan fingerprint density at radius 3 is 2.65 bits per heavy atom. The van der Waals surface area contributed by atoms with E-state index in [2.05, 4.69) is 25.0 Å². The smallest absolute Gasteiger partial charge is 0.339 e. The highest BCUT2D eigenvalue weighted by molar-refractivity contribution is 5.89. The quantitative estimate of drug-likeness (QED) is 0.803. The number of hydrogen-bond donors (Lipinski definition) is 1. The van der Waals surface area contributed by atoms with Crippen LogP contribution in [-0.4, -0.2) is 28.0 Å². The van der Waals surface area contributed by atoms with Gasteiger partial charge in [0.1, 0.15) is 11.6 Å². The molecule has 1 N–H and O–H groups in total. The molecular formula is C11H10N4O2. The summed E-state index contributed by atoms with van der Waals surface area (Å²) < 4.78 is 4.57. The second-order valence-electron chi connectivity index (χ2n) is 3.14. The highest BCUT2D eigenvalue weighted by Crippen LogP contribution is 2.11. The van der Waals surface area contributed by atoms with Crippen LogP contribution in [0.1, 0.15) is 10.4 Å². The molecule has 0 atom stereocenters. The van der Waals surface area contributed by atoms with Crippen molar-refractivity contribution in [2.45, 2.75) is 0 Å². The molecular weight excluding hydrogens is 220 g/mol. The highest BCUT2D eigenvalue weighted by Gasteiger charge is 2.05. The fourth-order valence-corrected chi connectivity index (χ4v) is 1.20. The number of anilines is 2. The molecule has 0 fully saturated rings. The van der Waals surface area contributed by atoms with Gasteiger partial charge in [0, 0.05) is 18.6 Å². The third-order valence-corrected chi connectivity index (χ3v) is 2.00. The van der Waals surface area contributed by atoms with E-state index in [-0.39, 0.29) is 0 Å². The topological polar surface area (TPSA) is 77.0 Å². The Bertz CT molecular complexity index is 499. The Morgan fingerprint density at radius 1 is 1.18 bits per heavy atom. The zero-order chi connectivity index (χ0) is 12.1. The maximum atomic E-state index is 11.2. The van der Waals surface area contributed by atoms with Crippen LogP contribution in [0.5, 0.6) is 0 Å². The number of nitrogens with one attached hydrogen (secondary N) is 1. The van der Waals surface area contributed by atoms with Crippen molar-refractivity contribution in [1.82, 2.24) is 15.0 Å². The number of pyridine rings is 1. The lowest BCUT2D eigenvalue weighted by atomic mass is 10.3. The summed E-state index contributed by atoms with van der Waals surface area (Å²) in [5, 5.41) is 2.95. The molecule has 0 unspecified atom stereocenters. The molecule has 0 amide bonds. The summed E-state index contributed by atoms with van der Waals surface area (Å²) in [6.45, 7) is 0. The van der Waals surface area contributed by atoms with Gasteiger partial charge in [-0.2, -0.15) is 0 Å². The highest BCUT2D eigenvalue weighted by atomic mass is 16.5. The van der Waals surface area contributed by atoms with Crippen LogP contribution in [0, 0.1) is 0 Å². The fourth-order valence-electron chi connectivity index (χ4n) is 1.20. The van der Waals surface area contributed by atoms with Gasteiger partial charge < -0.3 is 10.1 Å². The second kappa shape index (κ2) is 5.02. The molecule has 2 rings (SSSR count). The number of carbonyl (C=O) groups is 1. The van der Waals surface area contributed by atoms with Crippen molar-refractivity contribution in [3.63, 3.8) is 0 Å². The van der Waals surface area contributed by atoms with Crippen molar-refractivity contribution in [2.75, 3.05) is 12.4 Å². The predicted octanol–water partition coefficient (Wildman–Crippen LogP) is 1.40. The van der Waals surface area contributed by atoms with Crippen molar-refractivity contribution in [3.05, 3.63) is 42.5 Å².